The van der Waals surface area contributed by atoms with Crippen LogP contribution in [0.1, 0.15) is 10.4 Å². The van der Waals surface area contributed by atoms with Gasteiger partial charge < -0.3 is 10.1 Å². The Morgan fingerprint density at radius 3 is 2.03 bits per heavy atom. The first-order chi connectivity index (χ1) is 14.0. The van der Waals surface area contributed by atoms with E-state index in [2.05, 4.69) is 16.2 Å². The molecule has 0 heterocycles. The number of hydrazine groups is 1. The lowest BCUT2D eigenvalue weighted by Gasteiger charge is -2.12. The highest BCUT2D eigenvalue weighted by molar-refractivity contribution is 7.80. The van der Waals surface area contributed by atoms with Crippen LogP contribution in [0.2, 0.25) is 0 Å². The third kappa shape index (κ3) is 5.75. The number of benzene rings is 3. The van der Waals surface area contributed by atoms with Gasteiger partial charge >= 0.3 is 0 Å². The van der Waals surface area contributed by atoms with Crippen LogP contribution in [0, 0.1) is 10.1 Å². The van der Waals surface area contributed by atoms with Crippen molar-refractivity contribution in [2.24, 2.45) is 0 Å². The molecule has 1 amide bonds. The third-order valence-corrected chi connectivity index (χ3v) is 3.93. The summed E-state index contributed by atoms with van der Waals surface area (Å²) in [6, 6.07) is 21.5. The summed E-state index contributed by atoms with van der Waals surface area (Å²) < 4.78 is 5.65. The minimum Gasteiger partial charge on any atom is -0.457 e. The van der Waals surface area contributed by atoms with Crippen molar-refractivity contribution in [2.75, 3.05) is 5.32 Å². The first kappa shape index (κ1) is 19.8. The maximum Gasteiger partial charge on any atom is 0.269 e. The van der Waals surface area contributed by atoms with Gasteiger partial charge in [0, 0.05) is 23.4 Å². The lowest BCUT2D eigenvalue weighted by molar-refractivity contribution is -0.384. The fraction of sp³-hybridized carbons (Fsp3) is 0. The van der Waals surface area contributed by atoms with Gasteiger partial charge in [-0.2, -0.15) is 0 Å². The molecular weight excluding hydrogens is 392 g/mol. The normalized spacial score (nSPS) is 9.93. The number of anilines is 1. The predicted octanol–water partition coefficient (Wildman–Crippen LogP) is 4.02. The van der Waals surface area contributed by atoms with Gasteiger partial charge in [0.1, 0.15) is 11.5 Å². The molecule has 0 saturated heterocycles. The number of thiocarbonyl (C=S) groups is 1. The van der Waals surface area contributed by atoms with Gasteiger partial charge in [-0.1, -0.05) is 18.2 Å². The summed E-state index contributed by atoms with van der Waals surface area (Å²) in [7, 11) is 0. The number of nitro groups is 1. The van der Waals surface area contributed by atoms with Crippen molar-refractivity contribution in [2.45, 2.75) is 0 Å². The van der Waals surface area contributed by atoms with Crippen LogP contribution in [-0.2, 0) is 0 Å². The SMILES string of the molecule is O=C(NNC(=S)Nc1ccc(Oc2ccc([N+](=O)[O-])cc2)cc1)c1ccccc1. The van der Waals surface area contributed by atoms with E-state index >= 15 is 0 Å². The Morgan fingerprint density at radius 2 is 1.45 bits per heavy atom. The van der Waals surface area contributed by atoms with Crippen LogP contribution in [0.4, 0.5) is 11.4 Å². The number of hydrogen-bond acceptors (Lipinski definition) is 5. The average molecular weight is 408 g/mol. The largest absolute Gasteiger partial charge is 0.457 e. The molecule has 0 atom stereocenters. The van der Waals surface area contributed by atoms with Crippen LogP contribution in [0.3, 0.4) is 0 Å². The summed E-state index contributed by atoms with van der Waals surface area (Å²) in [6.45, 7) is 0. The maximum absolute atomic E-state index is 12.0. The van der Waals surface area contributed by atoms with Crippen LogP contribution < -0.4 is 20.9 Å². The van der Waals surface area contributed by atoms with E-state index in [0.29, 0.717) is 22.7 Å². The number of rotatable bonds is 5. The number of ether oxygens (including phenoxy) is 1. The molecule has 0 aliphatic rings. The summed E-state index contributed by atoms with van der Waals surface area (Å²) in [5, 5.41) is 13.8. The van der Waals surface area contributed by atoms with Gasteiger partial charge in [-0.05, 0) is 60.7 Å². The molecule has 9 heteroatoms. The smallest absolute Gasteiger partial charge is 0.269 e. The van der Waals surface area contributed by atoms with Crippen molar-refractivity contribution in [3.8, 4) is 11.5 Å². The van der Waals surface area contributed by atoms with Gasteiger partial charge in [0.25, 0.3) is 11.6 Å². The molecule has 0 aliphatic carbocycles. The highest BCUT2D eigenvalue weighted by Gasteiger charge is 2.06. The Labute approximate surface area is 171 Å². The molecule has 146 valence electrons. The quantitative estimate of drug-likeness (QED) is 0.333. The van der Waals surface area contributed by atoms with E-state index in [0.717, 1.165) is 0 Å². The topological polar surface area (TPSA) is 106 Å². The van der Waals surface area contributed by atoms with Gasteiger partial charge in [-0.25, -0.2) is 0 Å². The molecule has 0 fully saturated rings. The van der Waals surface area contributed by atoms with Crippen LogP contribution in [0.15, 0.2) is 78.9 Å². The van der Waals surface area contributed by atoms with E-state index in [-0.39, 0.29) is 16.7 Å². The molecule has 3 aromatic carbocycles. The molecule has 29 heavy (non-hydrogen) atoms. The summed E-state index contributed by atoms with van der Waals surface area (Å²) in [6.07, 6.45) is 0. The van der Waals surface area contributed by atoms with Crippen molar-refractivity contribution in [3.63, 3.8) is 0 Å². The number of nitrogens with one attached hydrogen (secondary N) is 3. The van der Waals surface area contributed by atoms with E-state index in [1.807, 2.05) is 6.07 Å². The number of carbonyl (C=O) groups is 1. The molecule has 0 unspecified atom stereocenters. The predicted molar refractivity (Wildman–Crippen MR) is 113 cm³/mol. The van der Waals surface area contributed by atoms with Crippen molar-refractivity contribution >= 4 is 34.6 Å². The van der Waals surface area contributed by atoms with Gasteiger partial charge in [0.2, 0.25) is 0 Å². The molecule has 0 spiro atoms. The Balaban J connectivity index is 1.50. The third-order valence-electron chi connectivity index (χ3n) is 3.72. The molecule has 3 aromatic rings. The second-order valence-electron chi connectivity index (χ2n) is 5.78. The monoisotopic (exact) mass is 408 g/mol. The molecule has 3 rings (SSSR count). The van der Waals surface area contributed by atoms with Crippen molar-refractivity contribution in [1.29, 1.82) is 0 Å². The number of nitrogens with zero attached hydrogens (tertiary/aromatic N) is 1. The molecule has 0 saturated carbocycles. The van der Waals surface area contributed by atoms with E-state index in [1.54, 1.807) is 48.5 Å². The lowest BCUT2D eigenvalue weighted by Crippen LogP contribution is -2.43. The minimum absolute atomic E-state index is 0.00253. The van der Waals surface area contributed by atoms with E-state index < -0.39 is 4.92 Å². The molecule has 0 aliphatic heterocycles. The zero-order valence-corrected chi connectivity index (χ0v) is 15.8. The maximum atomic E-state index is 12.0. The van der Waals surface area contributed by atoms with Crippen LogP contribution in [-0.4, -0.2) is 15.9 Å². The Kier molecular flexibility index (Phi) is 6.33. The lowest BCUT2D eigenvalue weighted by atomic mass is 10.2. The first-order valence-corrected chi connectivity index (χ1v) is 8.87. The minimum atomic E-state index is -0.469. The highest BCUT2D eigenvalue weighted by atomic mass is 32.1. The van der Waals surface area contributed by atoms with E-state index in [1.165, 1.54) is 24.3 Å². The van der Waals surface area contributed by atoms with E-state index in [4.69, 9.17) is 17.0 Å². The fourth-order valence-corrected chi connectivity index (χ4v) is 2.48. The number of non-ortho nitro benzene ring substituents is 1. The van der Waals surface area contributed by atoms with E-state index in [9.17, 15) is 14.9 Å². The van der Waals surface area contributed by atoms with Crippen molar-refractivity contribution < 1.29 is 14.5 Å². The molecule has 0 bridgehead atoms. The molecule has 0 radical (unpaired) electrons. The van der Waals surface area contributed by atoms with Crippen molar-refractivity contribution in [3.05, 3.63) is 94.5 Å². The average Bonchev–Trinajstić information content (AvgIpc) is 2.74. The number of carbonyl (C=O) groups excluding carboxylic acids is 1. The summed E-state index contributed by atoms with van der Waals surface area (Å²) in [5.41, 5.74) is 6.34. The first-order valence-electron chi connectivity index (χ1n) is 8.46. The van der Waals surface area contributed by atoms with Gasteiger partial charge in [0.15, 0.2) is 5.11 Å². The second kappa shape index (κ2) is 9.29. The number of nitro benzene ring substituents is 1. The molecule has 3 N–H and O–H groups in total. The van der Waals surface area contributed by atoms with Gasteiger partial charge in [-0.3, -0.25) is 25.8 Å². The van der Waals surface area contributed by atoms with Crippen LogP contribution in [0.25, 0.3) is 0 Å². The second-order valence-corrected chi connectivity index (χ2v) is 6.18. The Bertz CT molecular complexity index is 1010. The standard InChI is InChI=1S/C20H16N4O4S/c25-19(14-4-2-1-3-5-14)22-23-20(29)21-15-6-10-17(11-7-15)28-18-12-8-16(9-13-18)24(26)27/h1-13H,(H,22,25)(H2,21,23,29). The summed E-state index contributed by atoms with van der Waals surface area (Å²) >= 11 is 5.15. The zero-order valence-electron chi connectivity index (χ0n) is 15.0. The van der Waals surface area contributed by atoms with Crippen molar-refractivity contribution in [1.82, 2.24) is 10.9 Å². The molecule has 0 aromatic heterocycles. The molecular formula is C20H16N4O4S. The Hall–Kier alpha value is -3.98. The Morgan fingerprint density at radius 1 is 0.862 bits per heavy atom. The molecule has 8 nitrogen and oxygen atoms in total. The summed E-state index contributed by atoms with van der Waals surface area (Å²) in [4.78, 5) is 22.2. The van der Waals surface area contributed by atoms with Gasteiger partial charge in [-0.15, -0.1) is 0 Å². The fourth-order valence-electron chi connectivity index (χ4n) is 2.32. The number of amides is 1. The number of hydrogen-bond donors (Lipinski definition) is 3. The van der Waals surface area contributed by atoms with Crippen LogP contribution in [0.5, 0.6) is 11.5 Å². The summed E-state index contributed by atoms with van der Waals surface area (Å²) in [5.74, 6) is 0.736. The highest BCUT2D eigenvalue weighted by Crippen LogP contribution is 2.24. The van der Waals surface area contributed by atoms with Crippen LogP contribution >= 0.6 is 12.2 Å². The van der Waals surface area contributed by atoms with Gasteiger partial charge in [0.05, 0.1) is 4.92 Å². The zero-order chi connectivity index (χ0) is 20.6.